The standard InChI is InChI=1S/C18H18F3N/c19-18(20,21)16-9-5-4-8-15(16)17-14(10-11-22-17)12-13-6-2-1-3-7-13/h1-9,14,17,22H,10-12H2. The second-order valence-electron chi connectivity index (χ2n) is 5.76. The van der Waals surface area contributed by atoms with Crippen LogP contribution in [-0.2, 0) is 12.6 Å². The van der Waals surface area contributed by atoms with E-state index in [9.17, 15) is 13.2 Å². The summed E-state index contributed by atoms with van der Waals surface area (Å²) in [6, 6.07) is 15.6. The molecular formula is C18H18F3N. The van der Waals surface area contributed by atoms with Gasteiger partial charge in [-0.1, -0.05) is 48.5 Å². The zero-order valence-electron chi connectivity index (χ0n) is 12.1. The number of benzene rings is 2. The quantitative estimate of drug-likeness (QED) is 0.874. The van der Waals surface area contributed by atoms with E-state index in [0.717, 1.165) is 19.4 Å². The smallest absolute Gasteiger partial charge is 0.310 e. The average Bonchev–Trinajstić information content (AvgIpc) is 2.95. The topological polar surface area (TPSA) is 12.0 Å². The fourth-order valence-corrected chi connectivity index (χ4v) is 3.28. The van der Waals surface area contributed by atoms with Crippen molar-refractivity contribution < 1.29 is 13.2 Å². The van der Waals surface area contributed by atoms with Crippen molar-refractivity contribution in [3.8, 4) is 0 Å². The number of nitrogens with one attached hydrogen (secondary N) is 1. The molecule has 2 atom stereocenters. The summed E-state index contributed by atoms with van der Waals surface area (Å²) >= 11 is 0. The van der Waals surface area contributed by atoms with Gasteiger partial charge in [-0.25, -0.2) is 0 Å². The summed E-state index contributed by atoms with van der Waals surface area (Å²) in [6.45, 7) is 0.758. The van der Waals surface area contributed by atoms with E-state index < -0.39 is 11.7 Å². The van der Waals surface area contributed by atoms with Gasteiger partial charge in [0.05, 0.1) is 5.56 Å². The van der Waals surface area contributed by atoms with Gasteiger partial charge >= 0.3 is 6.18 Å². The molecule has 1 saturated heterocycles. The maximum Gasteiger partial charge on any atom is 0.416 e. The molecule has 0 aliphatic carbocycles. The normalized spacial score (nSPS) is 22.0. The lowest BCUT2D eigenvalue weighted by molar-refractivity contribution is -0.138. The Kier molecular flexibility index (Phi) is 4.21. The van der Waals surface area contributed by atoms with Crippen LogP contribution in [0, 0.1) is 5.92 Å². The molecule has 0 spiro atoms. The molecule has 3 rings (SSSR count). The van der Waals surface area contributed by atoms with Crippen LogP contribution in [0.1, 0.15) is 29.2 Å². The van der Waals surface area contributed by atoms with Gasteiger partial charge in [-0.2, -0.15) is 13.2 Å². The van der Waals surface area contributed by atoms with Crippen LogP contribution in [0.4, 0.5) is 13.2 Å². The van der Waals surface area contributed by atoms with Crippen molar-refractivity contribution in [2.75, 3.05) is 6.54 Å². The van der Waals surface area contributed by atoms with Gasteiger partial charge in [0.25, 0.3) is 0 Å². The van der Waals surface area contributed by atoms with Crippen molar-refractivity contribution in [1.29, 1.82) is 0 Å². The number of halogens is 3. The highest BCUT2D eigenvalue weighted by Gasteiger charge is 2.38. The molecule has 0 bridgehead atoms. The number of hydrogen-bond donors (Lipinski definition) is 1. The van der Waals surface area contributed by atoms with Crippen LogP contribution in [0.25, 0.3) is 0 Å². The van der Waals surface area contributed by atoms with E-state index in [1.165, 1.54) is 17.7 Å². The molecule has 2 aromatic rings. The summed E-state index contributed by atoms with van der Waals surface area (Å²) in [6.07, 6.45) is -2.62. The highest BCUT2D eigenvalue weighted by molar-refractivity contribution is 5.34. The van der Waals surface area contributed by atoms with E-state index in [0.29, 0.717) is 5.56 Å². The molecule has 0 saturated carbocycles. The molecule has 1 heterocycles. The predicted octanol–water partition coefficient (Wildman–Crippen LogP) is 4.60. The van der Waals surface area contributed by atoms with E-state index in [4.69, 9.17) is 0 Å². The van der Waals surface area contributed by atoms with Gasteiger partial charge in [0, 0.05) is 6.04 Å². The van der Waals surface area contributed by atoms with Gasteiger partial charge < -0.3 is 5.32 Å². The molecule has 2 unspecified atom stereocenters. The van der Waals surface area contributed by atoms with Crippen molar-refractivity contribution >= 4 is 0 Å². The third-order valence-electron chi connectivity index (χ3n) is 4.29. The van der Waals surface area contributed by atoms with Crippen LogP contribution in [0.2, 0.25) is 0 Å². The van der Waals surface area contributed by atoms with Crippen LogP contribution in [-0.4, -0.2) is 6.54 Å². The first-order valence-corrected chi connectivity index (χ1v) is 7.49. The largest absolute Gasteiger partial charge is 0.416 e. The Morgan fingerprint density at radius 2 is 1.64 bits per heavy atom. The molecule has 1 fully saturated rings. The maximum absolute atomic E-state index is 13.2. The van der Waals surface area contributed by atoms with Crippen LogP contribution in [0.3, 0.4) is 0 Å². The molecule has 1 aliphatic rings. The van der Waals surface area contributed by atoms with E-state index in [1.807, 2.05) is 30.3 Å². The maximum atomic E-state index is 13.2. The SMILES string of the molecule is FC(F)(F)c1ccccc1C1NCCC1Cc1ccccc1. The minimum absolute atomic E-state index is 0.186. The highest BCUT2D eigenvalue weighted by atomic mass is 19.4. The molecule has 0 aromatic heterocycles. The third-order valence-corrected chi connectivity index (χ3v) is 4.29. The second kappa shape index (κ2) is 6.13. The van der Waals surface area contributed by atoms with Gasteiger partial charge in [0.1, 0.15) is 0 Å². The van der Waals surface area contributed by atoms with Crippen LogP contribution in [0.5, 0.6) is 0 Å². The fourth-order valence-electron chi connectivity index (χ4n) is 3.28. The van der Waals surface area contributed by atoms with Crippen molar-refractivity contribution in [2.24, 2.45) is 5.92 Å². The average molecular weight is 305 g/mol. The number of rotatable bonds is 3. The third kappa shape index (κ3) is 3.17. The molecule has 1 aliphatic heterocycles. The Balaban J connectivity index is 1.88. The zero-order valence-corrected chi connectivity index (χ0v) is 12.1. The Labute approximate surface area is 128 Å². The van der Waals surface area contributed by atoms with Gasteiger partial charge in [0.15, 0.2) is 0 Å². The monoisotopic (exact) mass is 305 g/mol. The molecule has 116 valence electrons. The summed E-state index contributed by atoms with van der Waals surface area (Å²) in [5.74, 6) is 0.186. The predicted molar refractivity (Wildman–Crippen MR) is 80.4 cm³/mol. The van der Waals surface area contributed by atoms with E-state index >= 15 is 0 Å². The first-order valence-electron chi connectivity index (χ1n) is 7.49. The van der Waals surface area contributed by atoms with Crippen molar-refractivity contribution in [3.05, 3.63) is 71.3 Å². The summed E-state index contributed by atoms with van der Waals surface area (Å²) in [5.41, 5.74) is 1.02. The van der Waals surface area contributed by atoms with E-state index in [1.54, 1.807) is 12.1 Å². The van der Waals surface area contributed by atoms with Crippen molar-refractivity contribution in [2.45, 2.75) is 25.1 Å². The Morgan fingerprint density at radius 1 is 0.955 bits per heavy atom. The number of hydrogen-bond acceptors (Lipinski definition) is 1. The van der Waals surface area contributed by atoms with Gasteiger partial charge in [-0.15, -0.1) is 0 Å². The second-order valence-corrected chi connectivity index (χ2v) is 5.76. The number of alkyl halides is 3. The lowest BCUT2D eigenvalue weighted by Crippen LogP contribution is -2.23. The Hall–Kier alpha value is -1.81. The minimum atomic E-state index is -4.31. The Morgan fingerprint density at radius 3 is 2.36 bits per heavy atom. The first kappa shape index (κ1) is 15.1. The molecule has 2 aromatic carbocycles. The highest BCUT2D eigenvalue weighted by Crippen LogP contribution is 2.39. The van der Waals surface area contributed by atoms with Crippen LogP contribution >= 0.6 is 0 Å². The lowest BCUT2D eigenvalue weighted by Gasteiger charge is -2.23. The molecule has 1 nitrogen and oxygen atoms in total. The van der Waals surface area contributed by atoms with Gasteiger partial charge in [0.2, 0.25) is 0 Å². The summed E-state index contributed by atoms with van der Waals surface area (Å²) in [5, 5.41) is 3.26. The van der Waals surface area contributed by atoms with Gasteiger partial charge in [-0.05, 0) is 42.5 Å². The van der Waals surface area contributed by atoms with Crippen molar-refractivity contribution in [1.82, 2.24) is 5.32 Å². The zero-order chi connectivity index (χ0) is 15.6. The summed E-state index contributed by atoms with van der Waals surface area (Å²) < 4.78 is 39.7. The molecule has 4 heteroatoms. The fraction of sp³-hybridized carbons (Fsp3) is 0.333. The molecule has 22 heavy (non-hydrogen) atoms. The molecule has 0 radical (unpaired) electrons. The van der Waals surface area contributed by atoms with Gasteiger partial charge in [-0.3, -0.25) is 0 Å². The minimum Gasteiger partial charge on any atom is -0.310 e. The van der Waals surface area contributed by atoms with Crippen LogP contribution in [0.15, 0.2) is 54.6 Å². The Bertz CT molecular complexity index is 622. The lowest BCUT2D eigenvalue weighted by atomic mass is 9.86. The molecule has 1 N–H and O–H groups in total. The molecular weight excluding hydrogens is 287 g/mol. The van der Waals surface area contributed by atoms with E-state index in [2.05, 4.69) is 5.32 Å². The summed E-state index contributed by atoms with van der Waals surface area (Å²) in [4.78, 5) is 0. The summed E-state index contributed by atoms with van der Waals surface area (Å²) in [7, 11) is 0. The van der Waals surface area contributed by atoms with Crippen molar-refractivity contribution in [3.63, 3.8) is 0 Å². The first-order chi connectivity index (χ1) is 10.6. The molecule has 0 amide bonds. The van der Waals surface area contributed by atoms with E-state index in [-0.39, 0.29) is 12.0 Å². The van der Waals surface area contributed by atoms with Crippen LogP contribution < -0.4 is 5.32 Å².